The highest BCUT2D eigenvalue weighted by Crippen LogP contribution is 2.25. The molecule has 8 nitrogen and oxygen atoms in total. The van der Waals surface area contributed by atoms with Crippen LogP contribution in [0.5, 0.6) is 0 Å². The van der Waals surface area contributed by atoms with E-state index in [0.717, 1.165) is 23.2 Å². The van der Waals surface area contributed by atoms with E-state index in [9.17, 15) is 23.6 Å². The molecule has 0 atom stereocenters. The Morgan fingerprint density at radius 2 is 1.96 bits per heavy atom. The van der Waals surface area contributed by atoms with E-state index in [1.165, 1.54) is 19.2 Å². The SMILES string of the molecule is COC(=O)C(=O)c1nsc2ccc(-n3c(=O)cc(F)n(C)c3=O)cc12. The standard InChI is InChI=1S/C15H10FN3O5S/c1-18-10(16)6-11(20)19(15(18)23)7-3-4-9-8(5-7)12(17-25-9)13(21)14(22)24-2/h3-6H,1-2H3. The van der Waals surface area contributed by atoms with Crippen molar-refractivity contribution >= 4 is 33.4 Å². The second-order valence-electron chi connectivity index (χ2n) is 5.01. The lowest BCUT2D eigenvalue weighted by molar-refractivity contribution is -0.135. The summed E-state index contributed by atoms with van der Waals surface area (Å²) in [5, 5.41) is 0.288. The number of ether oxygens (including phenoxy) is 1. The summed E-state index contributed by atoms with van der Waals surface area (Å²) < 4.78 is 23.8. The molecule has 25 heavy (non-hydrogen) atoms. The van der Waals surface area contributed by atoms with Crippen LogP contribution in [0.4, 0.5) is 4.39 Å². The van der Waals surface area contributed by atoms with E-state index in [2.05, 4.69) is 9.11 Å². The third kappa shape index (κ3) is 2.66. The zero-order valence-electron chi connectivity index (χ0n) is 13.0. The van der Waals surface area contributed by atoms with Gasteiger partial charge >= 0.3 is 11.7 Å². The van der Waals surface area contributed by atoms with Crippen LogP contribution in [0.2, 0.25) is 0 Å². The highest BCUT2D eigenvalue weighted by molar-refractivity contribution is 7.13. The van der Waals surface area contributed by atoms with Gasteiger partial charge < -0.3 is 4.74 Å². The number of carbonyl (C=O) groups excluding carboxylic acids is 2. The average molecular weight is 363 g/mol. The van der Waals surface area contributed by atoms with Crippen LogP contribution in [0.25, 0.3) is 15.8 Å². The maximum atomic E-state index is 13.5. The molecule has 0 saturated carbocycles. The lowest BCUT2D eigenvalue weighted by Crippen LogP contribution is -2.38. The summed E-state index contributed by atoms with van der Waals surface area (Å²) in [6.07, 6.45) is 0. The number of esters is 1. The largest absolute Gasteiger partial charge is 0.463 e. The van der Waals surface area contributed by atoms with Crippen molar-refractivity contribution in [2.45, 2.75) is 0 Å². The van der Waals surface area contributed by atoms with Crippen LogP contribution >= 0.6 is 11.5 Å². The Kier molecular flexibility index (Phi) is 4.05. The van der Waals surface area contributed by atoms with Crippen molar-refractivity contribution in [3.05, 3.63) is 56.7 Å². The molecule has 0 aliphatic heterocycles. The molecule has 3 aromatic rings. The summed E-state index contributed by atoms with van der Waals surface area (Å²) in [4.78, 5) is 47.7. The highest BCUT2D eigenvalue weighted by Gasteiger charge is 2.23. The van der Waals surface area contributed by atoms with E-state index in [-0.39, 0.29) is 16.8 Å². The molecule has 2 heterocycles. The number of rotatable bonds is 3. The quantitative estimate of drug-likeness (QED) is 0.293. The van der Waals surface area contributed by atoms with Crippen molar-refractivity contribution in [2.75, 3.05) is 7.11 Å². The van der Waals surface area contributed by atoms with Gasteiger partial charge in [0.2, 0.25) is 5.95 Å². The Hall–Kier alpha value is -3.14. The van der Waals surface area contributed by atoms with Gasteiger partial charge in [-0.2, -0.15) is 8.76 Å². The molecule has 10 heteroatoms. The van der Waals surface area contributed by atoms with E-state index >= 15 is 0 Å². The highest BCUT2D eigenvalue weighted by atomic mass is 32.1. The molecular weight excluding hydrogens is 353 g/mol. The molecule has 0 unspecified atom stereocenters. The van der Waals surface area contributed by atoms with Crippen LogP contribution in [-0.4, -0.2) is 32.4 Å². The minimum absolute atomic E-state index is 0.122. The fraction of sp³-hybridized carbons (Fsp3) is 0.133. The van der Waals surface area contributed by atoms with Gasteiger partial charge in [0.15, 0.2) is 0 Å². The second kappa shape index (κ2) is 6.06. The molecule has 0 saturated heterocycles. The Morgan fingerprint density at radius 3 is 2.64 bits per heavy atom. The van der Waals surface area contributed by atoms with Gasteiger partial charge in [0.25, 0.3) is 11.3 Å². The summed E-state index contributed by atoms with van der Waals surface area (Å²) in [6.45, 7) is 0. The monoisotopic (exact) mass is 363 g/mol. The Balaban J connectivity index is 2.26. The lowest BCUT2D eigenvalue weighted by atomic mass is 10.1. The summed E-state index contributed by atoms with van der Waals surface area (Å²) in [5.41, 5.74) is -1.75. The van der Waals surface area contributed by atoms with Crippen molar-refractivity contribution in [1.29, 1.82) is 0 Å². The molecule has 128 valence electrons. The molecule has 2 aromatic heterocycles. The van der Waals surface area contributed by atoms with Gasteiger partial charge in [0.1, 0.15) is 5.69 Å². The minimum Gasteiger partial charge on any atom is -0.463 e. The number of hydrogen-bond acceptors (Lipinski definition) is 7. The summed E-state index contributed by atoms with van der Waals surface area (Å²) in [5.74, 6) is -2.98. The summed E-state index contributed by atoms with van der Waals surface area (Å²) >= 11 is 0.979. The predicted molar refractivity (Wildman–Crippen MR) is 86.8 cm³/mol. The van der Waals surface area contributed by atoms with Crippen LogP contribution in [0.1, 0.15) is 10.5 Å². The molecular formula is C15H10FN3O5S. The van der Waals surface area contributed by atoms with Crippen LogP contribution < -0.4 is 11.2 Å². The number of fused-ring (bicyclic) bond motifs is 1. The first kappa shape index (κ1) is 16.7. The smallest absolute Gasteiger partial charge is 0.381 e. The summed E-state index contributed by atoms with van der Waals surface area (Å²) in [6, 6.07) is 5.06. The number of aromatic nitrogens is 3. The van der Waals surface area contributed by atoms with Crippen molar-refractivity contribution < 1.29 is 18.7 Å². The zero-order chi connectivity index (χ0) is 18.3. The molecule has 3 rings (SSSR count). The number of ketones is 1. The number of nitrogens with zero attached hydrogens (tertiary/aromatic N) is 3. The molecule has 0 N–H and O–H groups in total. The van der Waals surface area contributed by atoms with Gasteiger partial charge in [0, 0.05) is 12.4 Å². The minimum atomic E-state index is -1.08. The Morgan fingerprint density at radius 1 is 1.24 bits per heavy atom. The van der Waals surface area contributed by atoms with Gasteiger partial charge in [0.05, 0.1) is 23.6 Å². The van der Waals surface area contributed by atoms with Gasteiger partial charge in [-0.25, -0.2) is 14.2 Å². The van der Waals surface area contributed by atoms with E-state index in [4.69, 9.17) is 0 Å². The number of hydrogen-bond donors (Lipinski definition) is 0. The molecule has 0 fully saturated rings. The molecule has 0 radical (unpaired) electrons. The zero-order valence-corrected chi connectivity index (χ0v) is 13.8. The maximum Gasteiger partial charge on any atom is 0.381 e. The average Bonchev–Trinajstić information content (AvgIpc) is 3.01. The summed E-state index contributed by atoms with van der Waals surface area (Å²) in [7, 11) is 2.26. The topological polar surface area (TPSA) is 100 Å². The lowest BCUT2D eigenvalue weighted by Gasteiger charge is -2.07. The molecule has 0 bridgehead atoms. The molecule has 1 aromatic carbocycles. The predicted octanol–water partition coefficient (Wildman–Crippen LogP) is 0.641. The third-order valence-electron chi connectivity index (χ3n) is 3.56. The van der Waals surface area contributed by atoms with Crippen LogP contribution in [0, 0.1) is 5.95 Å². The molecule has 0 aliphatic carbocycles. The van der Waals surface area contributed by atoms with Crippen molar-refractivity contribution in [3.63, 3.8) is 0 Å². The van der Waals surface area contributed by atoms with Crippen molar-refractivity contribution in [2.24, 2.45) is 7.05 Å². The van der Waals surface area contributed by atoms with Crippen molar-refractivity contribution in [1.82, 2.24) is 13.5 Å². The van der Waals surface area contributed by atoms with E-state index in [1.54, 1.807) is 6.07 Å². The molecule has 0 aliphatic rings. The number of halogens is 1. The fourth-order valence-corrected chi connectivity index (χ4v) is 3.01. The fourth-order valence-electron chi connectivity index (χ4n) is 2.26. The molecule has 0 spiro atoms. The number of methoxy groups -OCH3 is 1. The maximum absolute atomic E-state index is 13.5. The van der Waals surface area contributed by atoms with Gasteiger partial charge in [-0.05, 0) is 29.7 Å². The molecule has 0 amide bonds. The van der Waals surface area contributed by atoms with Gasteiger partial charge in [-0.3, -0.25) is 14.2 Å². The Labute approximate surface area is 142 Å². The first-order valence-corrected chi connectivity index (χ1v) is 7.63. The van der Waals surface area contributed by atoms with Crippen LogP contribution in [0.15, 0.2) is 33.9 Å². The number of carbonyl (C=O) groups is 2. The van der Waals surface area contributed by atoms with E-state index < -0.39 is 28.9 Å². The first-order chi connectivity index (χ1) is 11.8. The number of Topliss-reactive ketones (excluding diaryl/α,β-unsaturated/α-hetero) is 1. The van der Waals surface area contributed by atoms with E-state index in [0.29, 0.717) is 15.3 Å². The third-order valence-corrected chi connectivity index (χ3v) is 4.39. The van der Waals surface area contributed by atoms with Crippen LogP contribution in [0.3, 0.4) is 0 Å². The second-order valence-corrected chi connectivity index (χ2v) is 5.82. The van der Waals surface area contributed by atoms with Crippen molar-refractivity contribution in [3.8, 4) is 5.69 Å². The Bertz CT molecular complexity index is 1140. The van der Waals surface area contributed by atoms with Gasteiger partial charge in [-0.1, -0.05) is 0 Å². The number of benzene rings is 1. The normalized spacial score (nSPS) is 10.8. The van der Waals surface area contributed by atoms with E-state index in [1.807, 2.05) is 0 Å². The first-order valence-electron chi connectivity index (χ1n) is 6.86. The van der Waals surface area contributed by atoms with Gasteiger partial charge in [-0.15, -0.1) is 0 Å². The van der Waals surface area contributed by atoms with Crippen LogP contribution in [-0.2, 0) is 16.6 Å².